The molecule has 2 aliphatic rings. The normalized spacial score (nSPS) is 15.7. The molecule has 0 atom stereocenters. The Morgan fingerprint density at radius 3 is 3.19 bits per heavy atom. The standard InChI is InChI=1S/C12H12N2O2/c1-16-12(15)9-5-8-3-2-4-14-7-13-10(6-9)11(8)14/h2-3,5-6,13H,4,7H2,1H3. The molecule has 16 heavy (non-hydrogen) atoms. The Balaban J connectivity index is 2.16. The Bertz CT molecular complexity index is 494. The van der Waals surface area contributed by atoms with E-state index < -0.39 is 0 Å². The second-order valence-corrected chi connectivity index (χ2v) is 3.91. The summed E-state index contributed by atoms with van der Waals surface area (Å²) in [6.45, 7) is 1.72. The van der Waals surface area contributed by atoms with Gasteiger partial charge in [-0.1, -0.05) is 12.2 Å². The fourth-order valence-corrected chi connectivity index (χ4v) is 2.23. The average Bonchev–Trinajstić information content (AvgIpc) is 2.73. The zero-order valence-electron chi connectivity index (χ0n) is 8.99. The van der Waals surface area contributed by atoms with Crippen molar-refractivity contribution in [1.29, 1.82) is 0 Å². The third-order valence-corrected chi connectivity index (χ3v) is 2.96. The number of esters is 1. The fraction of sp³-hybridized carbons (Fsp3) is 0.250. The molecule has 0 spiro atoms. The van der Waals surface area contributed by atoms with Crippen molar-refractivity contribution in [2.24, 2.45) is 0 Å². The molecule has 0 saturated carbocycles. The van der Waals surface area contributed by atoms with Crippen LogP contribution in [0.4, 0.5) is 11.4 Å². The molecule has 0 unspecified atom stereocenters. The fourth-order valence-electron chi connectivity index (χ4n) is 2.23. The van der Waals surface area contributed by atoms with E-state index in [0.717, 1.165) is 24.5 Å². The third kappa shape index (κ3) is 1.19. The predicted molar refractivity (Wildman–Crippen MR) is 62.7 cm³/mol. The van der Waals surface area contributed by atoms with E-state index in [0.29, 0.717) is 5.56 Å². The van der Waals surface area contributed by atoms with Crippen LogP contribution in [0.3, 0.4) is 0 Å². The van der Waals surface area contributed by atoms with Crippen LogP contribution >= 0.6 is 0 Å². The van der Waals surface area contributed by atoms with Gasteiger partial charge in [-0.3, -0.25) is 0 Å². The number of benzene rings is 1. The second kappa shape index (κ2) is 3.27. The van der Waals surface area contributed by atoms with E-state index in [1.165, 1.54) is 12.8 Å². The number of rotatable bonds is 1. The molecule has 3 rings (SSSR count). The molecule has 1 aromatic carbocycles. The highest BCUT2D eigenvalue weighted by molar-refractivity contribution is 5.96. The summed E-state index contributed by atoms with van der Waals surface area (Å²) in [5, 5.41) is 3.28. The molecule has 0 amide bonds. The highest BCUT2D eigenvalue weighted by Gasteiger charge is 2.24. The largest absolute Gasteiger partial charge is 0.465 e. The molecular formula is C12H12N2O2. The van der Waals surface area contributed by atoms with Gasteiger partial charge >= 0.3 is 5.97 Å². The van der Waals surface area contributed by atoms with Crippen molar-refractivity contribution in [2.75, 3.05) is 30.5 Å². The number of carbonyl (C=O) groups is 1. The van der Waals surface area contributed by atoms with Crippen LogP contribution in [0.15, 0.2) is 18.2 Å². The third-order valence-electron chi connectivity index (χ3n) is 2.96. The first kappa shape index (κ1) is 9.27. The van der Waals surface area contributed by atoms with Gasteiger partial charge in [-0.15, -0.1) is 0 Å². The summed E-state index contributed by atoms with van der Waals surface area (Å²) in [5.41, 5.74) is 3.88. The summed E-state index contributed by atoms with van der Waals surface area (Å²) in [6, 6.07) is 3.73. The molecule has 0 saturated heterocycles. The van der Waals surface area contributed by atoms with Gasteiger partial charge < -0.3 is 15.0 Å². The summed E-state index contributed by atoms with van der Waals surface area (Å²) in [6.07, 6.45) is 4.15. The first-order chi connectivity index (χ1) is 7.79. The van der Waals surface area contributed by atoms with Gasteiger partial charge in [-0.05, 0) is 12.1 Å². The molecule has 0 aromatic heterocycles. The lowest BCUT2D eigenvalue weighted by molar-refractivity contribution is 0.0601. The summed E-state index contributed by atoms with van der Waals surface area (Å²) in [4.78, 5) is 13.7. The van der Waals surface area contributed by atoms with E-state index in [9.17, 15) is 4.79 Å². The highest BCUT2D eigenvalue weighted by Crippen LogP contribution is 2.38. The van der Waals surface area contributed by atoms with Crippen molar-refractivity contribution in [3.8, 4) is 0 Å². The Morgan fingerprint density at radius 1 is 1.50 bits per heavy atom. The first-order valence-corrected chi connectivity index (χ1v) is 5.21. The van der Waals surface area contributed by atoms with E-state index in [2.05, 4.69) is 22.4 Å². The van der Waals surface area contributed by atoms with Crippen molar-refractivity contribution in [3.63, 3.8) is 0 Å². The van der Waals surface area contributed by atoms with Gasteiger partial charge in [-0.2, -0.15) is 0 Å². The Morgan fingerprint density at radius 2 is 2.38 bits per heavy atom. The highest BCUT2D eigenvalue weighted by atomic mass is 16.5. The lowest BCUT2D eigenvalue weighted by atomic mass is 10.0. The Labute approximate surface area is 93.5 Å². The number of hydrogen-bond acceptors (Lipinski definition) is 4. The van der Waals surface area contributed by atoms with Gasteiger partial charge in [0.2, 0.25) is 0 Å². The van der Waals surface area contributed by atoms with Crippen LogP contribution in [0.25, 0.3) is 6.08 Å². The van der Waals surface area contributed by atoms with E-state index in [-0.39, 0.29) is 5.97 Å². The molecule has 0 bridgehead atoms. The van der Waals surface area contributed by atoms with Gasteiger partial charge in [0, 0.05) is 12.1 Å². The molecule has 4 nitrogen and oxygen atoms in total. The zero-order valence-corrected chi connectivity index (χ0v) is 8.99. The number of anilines is 2. The molecule has 2 heterocycles. The maximum atomic E-state index is 11.5. The quantitative estimate of drug-likeness (QED) is 0.725. The Kier molecular flexibility index (Phi) is 1.89. The molecule has 4 heteroatoms. The van der Waals surface area contributed by atoms with Crippen LogP contribution in [0.5, 0.6) is 0 Å². The molecule has 82 valence electrons. The molecule has 0 radical (unpaired) electrons. The number of carbonyl (C=O) groups excluding carboxylic acids is 1. The van der Waals surface area contributed by atoms with Crippen LogP contribution in [0, 0.1) is 0 Å². The maximum Gasteiger partial charge on any atom is 0.337 e. The summed E-state index contributed by atoms with van der Waals surface area (Å²) in [5.74, 6) is -0.293. The van der Waals surface area contributed by atoms with Crippen molar-refractivity contribution in [3.05, 3.63) is 29.3 Å². The number of nitrogens with zero attached hydrogens (tertiary/aromatic N) is 1. The lowest BCUT2D eigenvalue weighted by Gasteiger charge is -2.21. The van der Waals surface area contributed by atoms with Crippen LogP contribution in [0.1, 0.15) is 15.9 Å². The number of hydrogen-bond donors (Lipinski definition) is 1. The van der Waals surface area contributed by atoms with Gasteiger partial charge in [0.25, 0.3) is 0 Å². The van der Waals surface area contributed by atoms with Gasteiger partial charge in [0.1, 0.15) is 0 Å². The monoisotopic (exact) mass is 216 g/mol. The van der Waals surface area contributed by atoms with Crippen molar-refractivity contribution in [1.82, 2.24) is 0 Å². The predicted octanol–water partition coefficient (Wildman–Crippen LogP) is 1.69. The van der Waals surface area contributed by atoms with Crippen LogP contribution in [-0.4, -0.2) is 26.3 Å². The van der Waals surface area contributed by atoms with Gasteiger partial charge in [0.15, 0.2) is 0 Å². The minimum Gasteiger partial charge on any atom is -0.465 e. The summed E-state index contributed by atoms with van der Waals surface area (Å²) < 4.78 is 4.74. The molecule has 1 N–H and O–H groups in total. The van der Waals surface area contributed by atoms with E-state index >= 15 is 0 Å². The number of methoxy groups -OCH3 is 1. The topological polar surface area (TPSA) is 41.6 Å². The molecule has 2 aliphatic heterocycles. The van der Waals surface area contributed by atoms with Crippen LogP contribution in [0.2, 0.25) is 0 Å². The van der Waals surface area contributed by atoms with E-state index in [1.54, 1.807) is 0 Å². The number of nitrogens with one attached hydrogen (secondary N) is 1. The second-order valence-electron chi connectivity index (χ2n) is 3.91. The lowest BCUT2D eigenvalue weighted by Crippen LogP contribution is -2.24. The van der Waals surface area contributed by atoms with E-state index in [1.807, 2.05) is 12.1 Å². The minimum absolute atomic E-state index is 0.293. The van der Waals surface area contributed by atoms with Gasteiger partial charge in [-0.25, -0.2) is 4.79 Å². The van der Waals surface area contributed by atoms with Crippen LogP contribution in [-0.2, 0) is 4.74 Å². The SMILES string of the molecule is COC(=O)c1cc2c3c(c1)NCN3CC=C2. The number of ether oxygens (including phenoxy) is 1. The van der Waals surface area contributed by atoms with E-state index in [4.69, 9.17) is 4.74 Å². The molecule has 1 aromatic rings. The minimum atomic E-state index is -0.293. The van der Waals surface area contributed by atoms with Crippen molar-refractivity contribution >= 4 is 23.4 Å². The molecule has 0 fully saturated rings. The van der Waals surface area contributed by atoms with Crippen molar-refractivity contribution in [2.45, 2.75) is 0 Å². The average molecular weight is 216 g/mol. The van der Waals surface area contributed by atoms with Crippen LogP contribution < -0.4 is 10.2 Å². The van der Waals surface area contributed by atoms with Crippen molar-refractivity contribution < 1.29 is 9.53 Å². The summed E-state index contributed by atoms with van der Waals surface area (Å²) >= 11 is 0. The maximum absolute atomic E-state index is 11.5. The smallest absolute Gasteiger partial charge is 0.337 e. The zero-order chi connectivity index (χ0) is 11.1. The van der Waals surface area contributed by atoms with Gasteiger partial charge in [0.05, 0.1) is 30.7 Å². The summed E-state index contributed by atoms with van der Waals surface area (Å²) in [7, 11) is 1.40. The molecular weight excluding hydrogens is 204 g/mol. The Hall–Kier alpha value is -1.97. The first-order valence-electron chi connectivity index (χ1n) is 5.21. The molecule has 0 aliphatic carbocycles.